The van der Waals surface area contributed by atoms with E-state index < -0.39 is 5.60 Å². The van der Waals surface area contributed by atoms with E-state index in [4.69, 9.17) is 39.0 Å². The minimum Gasteiger partial charge on any atom is -0.392 e. The lowest BCUT2D eigenvalue weighted by molar-refractivity contribution is -0.487. The van der Waals surface area contributed by atoms with E-state index in [2.05, 4.69) is 48.1 Å². The summed E-state index contributed by atoms with van der Waals surface area (Å²) < 4.78 is 14.5. The second-order valence-electron chi connectivity index (χ2n) is 17.3. The molecule has 6 saturated heterocycles. The second kappa shape index (κ2) is 11.0. The molecule has 0 aromatic heterocycles. The molecular formula is C37H57NO7. The SMILES string of the molecule is C=CCO/N=C(/C[C@H]1O[C@@H]2C[C@]3(C)CC[C@H]4[C@H](C)CC[C@@H]([C@H]1C)[C@@]24OO3)[C@H]1O[C@@H]2C[C@]3(C)CC[C@H]4[C@H](C)CC[C@@H]([C@H]1C)[C@@]24OO3. The topological polar surface area (TPSA) is 77.0 Å². The number of hydrogen-bond donors (Lipinski definition) is 0. The summed E-state index contributed by atoms with van der Waals surface area (Å²) in [6.45, 7) is 18.2. The molecule has 10 rings (SSSR count). The van der Waals surface area contributed by atoms with Gasteiger partial charge in [-0.1, -0.05) is 45.5 Å². The van der Waals surface area contributed by atoms with Crippen molar-refractivity contribution < 1.29 is 33.9 Å². The summed E-state index contributed by atoms with van der Waals surface area (Å²) in [6.07, 6.45) is 13.1. The van der Waals surface area contributed by atoms with Crippen LogP contribution in [0.25, 0.3) is 0 Å². The van der Waals surface area contributed by atoms with Gasteiger partial charge in [0.25, 0.3) is 0 Å². The van der Waals surface area contributed by atoms with Crippen LogP contribution in [-0.4, -0.2) is 59.1 Å². The predicted octanol–water partition coefficient (Wildman–Crippen LogP) is 7.35. The molecule has 10 fully saturated rings. The highest BCUT2D eigenvalue weighted by Crippen LogP contribution is 2.63. The van der Waals surface area contributed by atoms with E-state index in [-0.39, 0.29) is 47.1 Å². The first-order valence-corrected chi connectivity index (χ1v) is 18.4. The van der Waals surface area contributed by atoms with Gasteiger partial charge in [-0.15, -0.1) is 0 Å². The van der Waals surface area contributed by atoms with E-state index in [1.54, 1.807) is 6.08 Å². The van der Waals surface area contributed by atoms with Gasteiger partial charge >= 0.3 is 0 Å². The van der Waals surface area contributed by atoms with Gasteiger partial charge in [-0.2, -0.15) is 0 Å². The maximum Gasteiger partial charge on any atom is 0.136 e. The Hall–Kier alpha value is -1.03. The molecule has 0 N–H and O–H groups in total. The van der Waals surface area contributed by atoms with Gasteiger partial charge in [-0.3, -0.25) is 0 Å². The van der Waals surface area contributed by atoms with E-state index in [0.717, 1.165) is 57.1 Å². The smallest absolute Gasteiger partial charge is 0.136 e. The first-order chi connectivity index (χ1) is 21.5. The van der Waals surface area contributed by atoms with Crippen molar-refractivity contribution in [3.8, 4) is 0 Å². The minimum atomic E-state index is -0.391. The molecule has 0 unspecified atom stereocenters. The molecule has 16 atom stereocenters. The molecule has 0 aromatic carbocycles. The molecule has 2 spiro atoms. The molecule has 4 saturated carbocycles. The third kappa shape index (κ3) is 4.55. The zero-order valence-electron chi connectivity index (χ0n) is 28.5. The van der Waals surface area contributed by atoms with E-state index in [9.17, 15) is 0 Å². The van der Waals surface area contributed by atoms with Crippen molar-refractivity contribution in [3.63, 3.8) is 0 Å². The van der Waals surface area contributed by atoms with E-state index >= 15 is 0 Å². The van der Waals surface area contributed by atoms with Crippen LogP contribution in [0, 0.1) is 47.3 Å². The average Bonchev–Trinajstić information content (AvgIpc) is 3.38. The van der Waals surface area contributed by atoms with Crippen molar-refractivity contribution in [2.75, 3.05) is 6.61 Å². The van der Waals surface area contributed by atoms with Crippen LogP contribution in [-0.2, 0) is 33.9 Å². The lowest BCUT2D eigenvalue weighted by Gasteiger charge is -2.62. The summed E-state index contributed by atoms with van der Waals surface area (Å²) in [4.78, 5) is 31.6. The van der Waals surface area contributed by atoms with Crippen molar-refractivity contribution in [1.82, 2.24) is 0 Å². The Morgan fingerprint density at radius 1 is 0.733 bits per heavy atom. The molecule has 6 heterocycles. The van der Waals surface area contributed by atoms with Crippen molar-refractivity contribution in [1.29, 1.82) is 0 Å². The van der Waals surface area contributed by atoms with Crippen LogP contribution in [0.5, 0.6) is 0 Å². The number of hydrogen-bond acceptors (Lipinski definition) is 8. The maximum atomic E-state index is 7.27. The van der Waals surface area contributed by atoms with E-state index in [1.807, 2.05) is 0 Å². The number of rotatable bonds is 6. The predicted molar refractivity (Wildman–Crippen MR) is 169 cm³/mol. The molecule has 252 valence electrons. The van der Waals surface area contributed by atoms with E-state index in [1.165, 1.54) is 12.8 Å². The van der Waals surface area contributed by atoms with Crippen LogP contribution in [0.2, 0.25) is 0 Å². The Morgan fingerprint density at radius 2 is 1.29 bits per heavy atom. The number of nitrogens with zero attached hydrogens (tertiary/aromatic N) is 1. The van der Waals surface area contributed by atoms with Gasteiger partial charge in [0.05, 0.1) is 24.0 Å². The highest BCUT2D eigenvalue weighted by Gasteiger charge is 2.70. The molecule has 0 radical (unpaired) electrons. The zero-order valence-corrected chi connectivity index (χ0v) is 28.5. The lowest BCUT2D eigenvalue weighted by atomic mass is 9.55. The van der Waals surface area contributed by atoms with Crippen molar-refractivity contribution >= 4 is 5.71 Å². The molecule has 10 aliphatic rings. The molecule has 8 nitrogen and oxygen atoms in total. The van der Waals surface area contributed by atoms with Gasteiger partial charge in [-0.05, 0) is 113 Å². The van der Waals surface area contributed by atoms with Crippen LogP contribution in [0.3, 0.4) is 0 Å². The molecule has 6 aliphatic heterocycles. The van der Waals surface area contributed by atoms with Gasteiger partial charge in [0.2, 0.25) is 0 Å². The van der Waals surface area contributed by atoms with Crippen LogP contribution < -0.4 is 0 Å². The van der Waals surface area contributed by atoms with Gasteiger partial charge in [0, 0.05) is 19.3 Å². The lowest BCUT2D eigenvalue weighted by Crippen LogP contribution is -2.71. The fraction of sp³-hybridized carbons (Fsp3) is 0.919. The fourth-order valence-electron chi connectivity index (χ4n) is 12.2. The quantitative estimate of drug-likeness (QED) is 0.100. The second-order valence-corrected chi connectivity index (χ2v) is 17.3. The van der Waals surface area contributed by atoms with Crippen molar-refractivity contribution in [2.24, 2.45) is 52.5 Å². The van der Waals surface area contributed by atoms with Gasteiger partial charge in [0.1, 0.15) is 35.1 Å². The van der Waals surface area contributed by atoms with Gasteiger partial charge in [-0.25, -0.2) is 19.6 Å². The fourth-order valence-corrected chi connectivity index (χ4v) is 12.2. The van der Waals surface area contributed by atoms with Crippen LogP contribution >= 0.6 is 0 Å². The monoisotopic (exact) mass is 627 g/mol. The molecule has 4 bridgehead atoms. The highest BCUT2D eigenvalue weighted by atomic mass is 17.2. The van der Waals surface area contributed by atoms with Gasteiger partial charge in [0.15, 0.2) is 0 Å². The molecule has 8 heteroatoms. The highest BCUT2D eigenvalue weighted by molar-refractivity contribution is 5.89. The Morgan fingerprint density at radius 3 is 1.87 bits per heavy atom. The summed E-state index contributed by atoms with van der Waals surface area (Å²) in [6, 6.07) is 0. The minimum absolute atomic E-state index is 0.00538. The number of oxime groups is 1. The summed E-state index contributed by atoms with van der Waals surface area (Å²) >= 11 is 0. The van der Waals surface area contributed by atoms with Crippen LogP contribution in [0.4, 0.5) is 0 Å². The zero-order chi connectivity index (χ0) is 31.4. The molecule has 45 heavy (non-hydrogen) atoms. The first-order valence-electron chi connectivity index (χ1n) is 18.4. The van der Waals surface area contributed by atoms with Crippen molar-refractivity contribution in [3.05, 3.63) is 12.7 Å². The summed E-state index contributed by atoms with van der Waals surface area (Å²) in [5.74, 6) is 3.34. The summed E-state index contributed by atoms with van der Waals surface area (Å²) in [7, 11) is 0. The standard InChI is InChI=1S/C37H57NO7/c1-8-17-39-38-29(33-24(5)28-12-10-22(3)26-14-16-35(7)20-32(41-33)37(26,28)45-43-35)18-30-23(4)27-11-9-21(2)25-13-15-34(6)19-31(40-30)36(25,27)44-42-34/h8,21-28,30-33H,1,9-20H2,2-7H3/b38-29-/t21-,22-,23-,24-,25+,26+,27+,28+,30-,31-,32-,33+,34+,35+,36-,37-/m1/s1. The average molecular weight is 628 g/mol. The number of fused-ring (bicyclic) bond motifs is 4. The Labute approximate surface area is 270 Å². The summed E-state index contributed by atoms with van der Waals surface area (Å²) in [5.41, 5.74) is -0.399. The van der Waals surface area contributed by atoms with Gasteiger partial charge < -0.3 is 14.3 Å². The molecular weight excluding hydrogens is 570 g/mol. The maximum absolute atomic E-state index is 7.27. The first kappa shape index (κ1) is 31.3. The third-order valence-corrected chi connectivity index (χ3v) is 14.6. The number of ether oxygens (including phenoxy) is 2. The third-order valence-electron chi connectivity index (χ3n) is 14.6. The van der Waals surface area contributed by atoms with Crippen molar-refractivity contribution in [2.45, 2.75) is 159 Å². The largest absolute Gasteiger partial charge is 0.392 e. The Kier molecular flexibility index (Phi) is 7.64. The molecule has 0 amide bonds. The normalized spacial score (nSPS) is 56.9. The Balaban J connectivity index is 1.11. The van der Waals surface area contributed by atoms with E-state index in [0.29, 0.717) is 54.5 Å². The van der Waals surface area contributed by atoms with Crippen LogP contribution in [0.15, 0.2) is 17.8 Å². The summed E-state index contributed by atoms with van der Waals surface area (Å²) in [5, 5.41) is 4.86. The molecule has 0 aromatic rings. The van der Waals surface area contributed by atoms with Crippen LogP contribution in [0.1, 0.15) is 112 Å². The molecule has 4 aliphatic carbocycles. The Bertz CT molecular complexity index is 1200.